The lowest BCUT2D eigenvalue weighted by atomic mass is 10.3. The number of rotatable bonds is 0. The Morgan fingerprint density at radius 3 is 3.40 bits per heavy atom. The number of fused-ring (bicyclic) bond motifs is 1. The zero-order valence-electron chi connectivity index (χ0n) is 5.00. The predicted octanol–water partition coefficient (Wildman–Crippen LogP) is 1.25. The van der Waals surface area contributed by atoms with Crippen molar-refractivity contribution >= 4 is 22.0 Å². The van der Waals surface area contributed by atoms with Crippen LogP contribution in [0, 0.1) is 6.67 Å². The largest absolute Gasteiger partial charge is 0.589 e. The van der Waals surface area contributed by atoms with E-state index in [2.05, 4.69) is 17.0 Å². The van der Waals surface area contributed by atoms with E-state index in [9.17, 15) is 4.55 Å². The summed E-state index contributed by atoms with van der Waals surface area (Å²) in [6.07, 6.45) is 1.63. The van der Waals surface area contributed by atoms with Gasteiger partial charge in [-0.25, -0.2) is 0 Å². The van der Waals surface area contributed by atoms with E-state index in [1.165, 1.54) is 0 Å². The zero-order valence-corrected chi connectivity index (χ0v) is 5.81. The van der Waals surface area contributed by atoms with Crippen molar-refractivity contribution in [2.75, 3.05) is 5.32 Å². The third kappa shape index (κ3) is 0.732. The van der Waals surface area contributed by atoms with Crippen LogP contribution in [-0.2, 0) is 0 Å². The van der Waals surface area contributed by atoms with Crippen LogP contribution in [-0.4, -0.2) is 10.8 Å². The van der Waals surface area contributed by atoms with Gasteiger partial charge in [-0.05, 0) is 10.8 Å². The van der Waals surface area contributed by atoms with Gasteiger partial charge in [-0.1, -0.05) is 0 Å². The van der Waals surface area contributed by atoms with E-state index in [1.54, 1.807) is 17.7 Å². The van der Waals surface area contributed by atoms with Crippen LogP contribution < -0.4 is 5.32 Å². The van der Waals surface area contributed by atoms with E-state index >= 15 is 0 Å². The fourth-order valence-corrected chi connectivity index (χ4v) is 1.71. The fraction of sp³-hybridized carbons (Fsp3) is 0. The maximum atomic E-state index is 11.0. The summed E-state index contributed by atoms with van der Waals surface area (Å²) in [5.74, 6) is 0. The zero-order chi connectivity index (χ0) is 6.97. The molecule has 1 N–H and O–H groups in total. The van der Waals surface area contributed by atoms with Gasteiger partial charge in [0.1, 0.15) is 5.38 Å². The molecule has 0 saturated heterocycles. The first-order valence-corrected chi connectivity index (χ1v) is 3.96. The minimum atomic E-state index is -1.01. The van der Waals surface area contributed by atoms with Gasteiger partial charge in [-0.2, -0.15) is 0 Å². The van der Waals surface area contributed by atoms with Crippen LogP contribution in [0.4, 0.5) is 5.00 Å². The second kappa shape index (κ2) is 2.07. The average molecular weight is 152 g/mol. The molecular formula is C6H4N2OS. The van der Waals surface area contributed by atoms with Crippen molar-refractivity contribution < 1.29 is 4.55 Å². The van der Waals surface area contributed by atoms with Gasteiger partial charge in [-0.3, -0.25) is 4.99 Å². The van der Waals surface area contributed by atoms with Crippen LogP contribution in [0.25, 0.3) is 0 Å². The SMILES string of the molecule is [O-][s+]1ccc2c1N[C]N=C2. The molecule has 0 aromatic carbocycles. The molecule has 0 amide bonds. The summed E-state index contributed by atoms with van der Waals surface area (Å²) in [7, 11) is -1.01. The number of nitrogens with one attached hydrogen (secondary N) is 1. The minimum Gasteiger partial charge on any atom is -0.589 e. The second-order valence-corrected chi connectivity index (χ2v) is 3.15. The Morgan fingerprint density at radius 1 is 1.70 bits per heavy atom. The van der Waals surface area contributed by atoms with Crippen LogP contribution >= 0.6 is 10.8 Å². The molecule has 10 heavy (non-hydrogen) atoms. The summed E-state index contributed by atoms with van der Waals surface area (Å²) < 4.78 is 11.0. The van der Waals surface area contributed by atoms with Crippen molar-refractivity contribution in [3.05, 3.63) is 23.7 Å². The van der Waals surface area contributed by atoms with E-state index in [4.69, 9.17) is 0 Å². The van der Waals surface area contributed by atoms with Crippen LogP contribution in [0.3, 0.4) is 0 Å². The van der Waals surface area contributed by atoms with Crippen LogP contribution in [0.5, 0.6) is 0 Å². The molecule has 0 saturated carbocycles. The van der Waals surface area contributed by atoms with Gasteiger partial charge in [0.25, 0.3) is 5.00 Å². The van der Waals surface area contributed by atoms with Crippen LogP contribution in [0.15, 0.2) is 16.4 Å². The average Bonchev–Trinajstić information content (AvgIpc) is 2.34. The third-order valence-corrected chi connectivity index (χ3v) is 2.40. The molecule has 2 heterocycles. The topological polar surface area (TPSA) is 47.4 Å². The molecule has 1 unspecified atom stereocenters. The summed E-state index contributed by atoms with van der Waals surface area (Å²) in [4.78, 5) is 3.72. The molecule has 50 valence electrons. The normalized spacial score (nSPS) is 16.3. The first kappa shape index (κ1) is 5.88. The highest BCUT2D eigenvalue weighted by atomic mass is 32.2. The highest BCUT2D eigenvalue weighted by molar-refractivity contribution is 7.27. The number of thiophene rings is 1. The van der Waals surface area contributed by atoms with Gasteiger partial charge in [0.15, 0.2) is 0 Å². The number of nitrogens with zero attached hydrogens (tertiary/aromatic N) is 1. The Balaban J connectivity index is 2.57. The van der Waals surface area contributed by atoms with Gasteiger partial charge in [0.2, 0.25) is 6.67 Å². The molecule has 0 aliphatic carbocycles. The molecule has 1 aromatic rings. The fourth-order valence-electron chi connectivity index (χ4n) is 0.804. The second-order valence-electron chi connectivity index (χ2n) is 1.88. The van der Waals surface area contributed by atoms with E-state index in [1.807, 2.05) is 0 Å². The molecular weight excluding hydrogens is 148 g/mol. The van der Waals surface area contributed by atoms with Gasteiger partial charge in [0, 0.05) is 12.3 Å². The smallest absolute Gasteiger partial charge is 0.250 e. The van der Waals surface area contributed by atoms with Crippen molar-refractivity contribution in [2.45, 2.75) is 0 Å². The number of hydrogen-bond acceptors (Lipinski definition) is 3. The summed E-state index contributed by atoms with van der Waals surface area (Å²) in [6, 6.07) is 1.78. The molecule has 4 heteroatoms. The van der Waals surface area contributed by atoms with Gasteiger partial charge in [-0.15, -0.1) is 0 Å². The van der Waals surface area contributed by atoms with Crippen molar-refractivity contribution in [1.29, 1.82) is 0 Å². The predicted molar refractivity (Wildman–Crippen MR) is 39.6 cm³/mol. The number of hydrogen-bond donors (Lipinski definition) is 1. The first-order valence-electron chi connectivity index (χ1n) is 2.75. The summed E-state index contributed by atoms with van der Waals surface area (Å²) in [5, 5.41) is 5.01. The molecule has 0 spiro atoms. The maximum absolute atomic E-state index is 11.0. The van der Waals surface area contributed by atoms with E-state index in [0.717, 1.165) is 5.56 Å². The third-order valence-electron chi connectivity index (χ3n) is 1.27. The highest BCUT2D eigenvalue weighted by Crippen LogP contribution is 2.32. The van der Waals surface area contributed by atoms with Crippen LogP contribution in [0.1, 0.15) is 5.56 Å². The Morgan fingerprint density at radius 2 is 2.60 bits per heavy atom. The molecule has 0 fully saturated rings. The highest BCUT2D eigenvalue weighted by Gasteiger charge is 2.14. The van der Waals surface area contributed by atoms with Crippen molar-refractivity contribution in [3.63, 3.8) is 0 Å². The van der Waals surface area contributed by atoms with Crippen LogP contribution in [0.2, 0.25) is 0 Å². The lowest BCUT2D eigenvalue weighted by molar-refractivity contribution is 0.599. The molecule has 1 atom stereocenters. The van der Waals surface area contributed by atoms with Crippen molar-refractivity contribution in [2.24, 2.45) is 4.99 Å². The number of anilines is 1. The molecule has 1 aliphatic heterocycles. The lowest BCUT2D eigenvalue weighted by Crippen LogP contribution is -1.99. The summed E-state index contributed by atoms with van der Waals surface area (Å²) >= 11 is 0. The van der Waals surface area contributed by atoms with Crippen molar-refractivity contribution in [3.8, 4) is 0 Å². The maximum Gasteiger partial charge on any atom is 0.250 e. The number of aliphatic imine (C=N–C) groups is 1. The molecule has 1 aromatic heterocycles. The van der Waals surface area contributed by atoms with Crippen molar-refractivity contribution in [1.82, 2.24) is 0 Å². The Bertz CT molecular complexity index is 279. The molecule has 3 nitrogen and oxygen atoms in total. The Hall–Kier alpha value is -0.870. The van der Waals surface area contributed by atoms with E-state index < -0.39 is 10.8 Å². The summed E-state index contributed by atoms with van der Waals surface area (Å²) in [5.41, 5.74) is 0.886. The van der Waals surface area contributed by atoms with Gasteiger partial charge in [0.05, 0.1) is 5.56 Å². The molecule has 0 bridgehead atoms. The molecule has 2 rings (SSSR count). The standard InChI is InChI=1S/C6H4N2OS/c9-10-2-1-5-3-7-4-8-6(5)10/h1-3,8H. The minimum absolute atomic E-state index is 0.690. The van der Waals surface area contributed by atoms with E-state index in [0.29, 0.717) is 5.00 Å². The molecule has 2 radical (unpaired) electrons. The Labute approximate surface area is 61.2 Å². The molecule has 1 aliphatic rings. The Kier molecular flexibility index (Phi) is 1.22. The monoisotopic (exact) mass is 152 g/mol. The summed E-state index contributed by atoms with van der Waals surface area (Å²) in [6.45, 7) is 2.52. The van der Waals surface area contributed by atoms with E-state index in [-0.39, 0.29) is 0 Å². The quantitative estimate of drug-likeness (QED) is 0.569. The van der Waals surface area contributed by atoms with Gasteiger partial charge >= 0.3 is 0 Å². The first-order chi connectivity index (χ1) is 4.88. The van der Waals surface area contributed by atoms with Gasteiger partial charge < -0.3 is 9.87 Å². The lowest BCUT2D eigenvalue weighted by Gasteiger charge is -2.02.